The fraction of sp³-hybridized carbons (Fsp3) is 0.857. The Bertz CT molecular complexity index is 130. The zero-order valence-corrected chi connectivity index (χ0v) is 6.34. The summed E-state index contributed by atoms with van der Waals surface area (Å²) >= 11 is 0. The Morgan fingerprint density at radius 1 is 1.70 bits per heavy atom. The van der Waals surface area contributed by atoms with Gasteiger partial charge in [0.15, 0.2) is 0 Å². The lowest BCUT2D eigenvalue weighted by molar-refractivity contribution is -0.125. The topological polar surface area (TPSA) is 46.3 Å². The van der Waals surface area contributed by atoms with E-state index in [-0.39, 0.29) is 0 Å². The Morgan fingerprint density at radius 2 is 2.30 bits per heavy atom. The predicted molar refractivity (Wildman–Crippen MR) is 39.7 cm³/mol. The molecule has 0 bridgehead atoms. The summed E-state index contributed by atoms with van der Waals surface area (Å²) < 4.78 is 0. The number of hydrogen-bond acceptors (Lipinski definition) is 3. The summed E-state index contributed by atoms with van der Waals surface area (Å²) in [6, 6.07) is 0. The summed E-state index contributed by atoms with van der Waals surface area (Å²) in [4.78, 5) is 12.9. The van der Waals surface area contributed by atoms with Crippen LogP contribution in [0.5, 0.6) is 0 Å². The number of nitrogens with zero attached hydrogens (tertiary/aromatic N) is 1. The van der Waals surface area contributed by atoms with E-state index in [1.807, 2.05) is 0 Å². The van der Waals surface area contributed by atoms with Gasteiger partial charge in [0.1, 0.15) is 5.78 Å². The first-order valence-electron chi connectivity index (χ1n) is 3.67. The van der Waals surface area contributed by atoms with Crippen LogP contribution in [0.1, 0.15) is 6.92 Å². The van der Waals surface area contributed by atoms with E-state index >= 15 is 0 Å². The lowest BCUT2D eigenvalue weighted by Crippen LogP contribution is -2.51. The van der Waals surface area contributed by atoms with Crippen LogP contribution < -0.4 is 5.73 Å². The highest BCUT2D eigenvalue weighted by molar-refractivity contribution is 5.79. The summed E-state index contributed by atoms with van der Waals surface area (Å²) in [5, 5.41) is 0. The van der Waals surface area contributed by atoms with Gasteiger partial charge in [-0.05, 0) is 6.92 Å². The molecule has 2 N–H and O–H groups in total. The summed E-state index contributed by atoms with van der Waals surface area (Å²) in [6.45, 7) is 5.14. The standard InChI is InChI=1S/C7H14N2O/c1-6(10)7-4-9(5-7)3-2-8/h7H,2-5,8H2,1H3. The van der Waals surface area contributed by atoms with Crippen LogP contribution >= 0.6 is 0 Å². The number of likely N-dealkylation sites (tertiary alicyclic amines) is 1. The second kappa shape index (κ2) is 3.12. The van der Waals surface area contributed by atoms with E-state index in [1.165, 1.54) is 0 Å². The van der Waals surface area contributed by atoms with Crippen molar-refractivity contribution in [3.05, 3.63) is 0 Å². The highest BCUT2D eigenvalue weighted by Crippen LogP contribution is 2.14. The first kappa shape index (κ1) is 7.69. The molecular weight excluding hydrogens is 128 g/mol. The number of rotatable bonds is 3. The van der Waals surface area contributed by atoms with Gasteiger partial charge in [-0.15, -0.1) is 0 Å². The van der Waals surface area contributed by atoms with Crippen LogP contribution in [-0.4, -0.2) is 36.9 Å². The number of ketones is 1. The van der Waals surface area contributed by atoms with Gasteiger partial charge in [-0.25, -0.2) is 0 Å². The number of Topliss-reactive ketones (excluding diaryl/α,β-unsaturated/α-hetero) is 1. The first-order chi connectivity index (χ1) is 4.74. The maximum Gasteiger partial charge on any atom is 0.135 e. The van der Waals surface area contributed by atoms with E-state index in [2.05, 4.69) is 4.90 Å². The molecule has 0 radical (unpaired) electrons. The Morgan fingerprint density at radius 3 is 2.70 bits per heavy atom. The van der Waals surface area contributed by atoms with E-state index in [4.69, 9.17) is 5.73 Å². The van der Waals surface area contributed by atoms with Crippen LogP contribution in [0.25, 0.3) is 0 Å². The van der Waals surface area contributed by atoms with E-state index in [1.54, 1.807) is 6.92 Å². The van der Waals surface area contributed by atoms with Gasteiger partial charge in [-0.1, -0.05) is 0 Å². The Hall–Kier alpha value is -0.410. The molecule has 0 aliphatic carbocycles. The molecule has 3 nitrogen and oxygen atoms in total. The third-order valence-corrected chi connectivity index (χ3v) is 1.98. The minimum Gasteiger partial charge on any atom is -0.329 e. The van der Waals surface area contributed by atoms with Crippen LogP contribution in [0.3, 0.4) is 0 Å². The summed E-state index contributed by atoms with van der Waals surface area (Å²) in [6.07, 6.45) is 0. The van der Waals surface area contributed by atoms with E-state index < -0.39 is 0 Å². The van der Waals surface area contributed by atoms with Gasteiger partial charge in [0.25, 0.3) is 0 Å². The number of carbonyl (C=O) groups is 1. The fourth-order valence-electron chi connectivity index (χ4n) is 1.19. The van der Waals surface area contributed by atoms with Crippen LogP contribution in [0.2, 0.25) is 0 Å². The minimum atomic E-state index is 0.298. The molecule has 0 aromatic carbocycles. The smallest absolute Gasteiger partial charge is 0.135 e. The van der Waals surface area contributed by atoms with Gasteiger partial charge in [0.05, 0.1) is 0 Å². The maximum atomic E-state index is 10.7. The molecule has 0 unspecified atom stereocenters. The van der Waals surface area contributed by atoms with E-state index in [9.17, 15) is 4.79 Å². The van der Waals surface area contributed by atoms with Gasteiger partial charge >= 0.3 is 0 Å². The van der Waals surface area contributed by atoms with Crippen molar-refractivity contribution < 1.29 is 4.79 Å². The maximum absolute atomic E-state index is 10.7. The second-order valence-corrected chi connectivity index (χ2v) is 2.86. The Kier molecular flexibility index (Phi) is 2.40. The molecule has 58 valence electrons. The molecule has 10 heavy (non-hydrogen) atoms. The zero-order chi connectivity index (χ0) is 7.56. The van der Waals surface area contributed by atoms with Crippen LogP contribution in [0.4, 0.5) is 0 Å². The van der Waals surface area contributed by atoms with Gasteiger partial charge in [-0.3, -0.25) is 4.79 Å². The van der Waals surface area contributed by atoms with E-state index in [0.717, 1.165) is 19.6 Å². The predicted octanol–water partition coefficient (Wildman–Crippen LogP) is -0.534. The normalized spacial score (nSPS) is 20.6. The van der Waals surface area contributed by atoms with Crippen molar-refractivity contribution in [2.75, 3.05) is 26.2 Å². The molecule has 0 saturated carbocycles. The van der Waals surface area contributed by atoms with Gasteiger partial charge in [-0.2, -0.15) is 0 Å². The molecule has 1 saturated heterocycles. The number of nitrogens with two attached hydrogens (primary N) is 1. The summed E-state index contributed by atoms with van der Waals surface area (Å²) in [5.74, 6) is 0.611. The summed E-state index contributed by atoms with van der Waals surface area (Å²) in [7, 11) is 0. The average Bonchev–Trinajstić information content (AvgIpc) is 1.76. The monoisotopic (exact) mass is 142 g/mol. The SMILES string of the molecule is CC(=O)C1CN(CCN)C1. The zero-order valence-electron chi connectivity index (χ0n) is 6.34. The lowest BCUT2D eigenvalue weighted by atomic mass is 9.96. The molecule has 0 atom stereocenters. The molecule has 1 rings (SSSR count). The van der Waals surface area contributed by atoms with Crippen molar-refractivity contribution in [2.24, 2.45) is 11.7 Å². The van der Waals surface area contributed by atoms with Crippen molar-refractivity contribution in [1.82, 2.24) is 4.90 Å². The van der Waals surface area contributed by atoms with Crippen molar-refractivity contribution in [3.63, 3.8) is 0 Å². The van der Waals surface area contributed by atoms with Crippen LogP contribution in [0.15, 0.2) is 0 Å². The number of hydrogen-bond donors (Lipinski definition) is 1. The number of carbonyl (C=O) groups excluding carboxylic acids is 1. The van der Waals surface area contributed by atoms with Crippen molar-refractivity contribution >= 4 is 5.78 Å². The quantitative estimate of drug-likeness (QED) is 0.576. The van der Waals surface area contributed by atoms with Crippen molar-refractivity contribution in [1.29, 1.82) is 0 Å². The largest absolute Gasteiger partial charge is 0.329 e. The van der Waals surface area contributed by atoms with Crippen molar-refractivity contribution in [2.45, 2.75) is 6.92 Å². The Balaban J connectivity index is 2.12. The van der Waals surface area contributed by atoms with Crippen molar-refractivity contribution in [3.8, 4) is 0 Å². The molecule has 1 fully saturated rings. The molecule has 1 aliphatic heterocycles. The van der Waals surface area contributed by atoms with Crippen LogP contribution in [-0.2, 0) is 4.79 Å². The molecule has 0 amide bonds. The highest BCUT2D eigenvalue weighted by atomic mass is 16.1. The molecular formula is C7H14N2O. The molecule has 1 aliphatic rings. The second-order valence-electron chi connectivity index (χ2n) is 2.86. The minimum absolute atomic E-state index is 0.298. The summed E-state index contributed by atoms with van der Waals surface area (Å²) in [5.41, 5.74) is 5.33. The van der Waals surface area contributed by atoms with Crippen LogP contribution in [0, 0.1) is 5.92 Å². The molecule has 3 heteroatoms. The molecule has 0 spiro atoms. The average molecular weight is 142 g/mol. The molecule has 0 aromatic rings. The van der Waals surface area contributed by atoms with Gasteiger partial charge in [0.2, 0.25) is 0 Å². The molecule has 0 aromatic heterocycles. The highest BCUT2D eigenvalue weighted by Gasteiger charge is 2.28. The third-order valence-electron chi connectivity index (χ3n) is 1.98. The molecule has 1 heterocycles. The van der Waals surface area contributed by atoms with Gasteiger partial charge in [0, 0.05) is 32.1 Å². The lowest BCUT2D eigenvalue weighted by Gasteiger charge is -2.37. The fourth-order valence-corrected chi connectivity index (χ4v) is 1.19. The third kappa shape index (κ3) is 1.55. The Labute approximate surface area is 61.2 Å². The van der Waals surface area contributed by atoms with Gasteiger partial charge < -0.3 is 10.6 Å². The van der Waals surface area contributed by atoms with E-state index in [0.29, 0.717) is 18.2 Å². The first-order valence-corrected chi connectivity index (χ1v) is 3.67.